The first kappa shape index (κ1) is 24.3. The maximum atomic E-state index is 13.5. The van der Waals surface area contributed by atoms with Gasteiger partial charge >= 0.3 is 0 Å². The molecule has 28 heavy (non-hydrogen) atoms. The number of nitrogens with one attached hydrogen (secondary N) is 2. The van der Waals surface area contributed by atoms with Crippen molar-refractivity contribution in [1.82, 2.24) is 10.6 Å². The molecule has 5 nitrogen and oxygen atoms in total. The van der Waals surface area contributed by atoms with Crippen molar-refractivity contribution in [1.29, 1.82) is 0 Å². The molecule has 0 aromatic heterocycles. The Kier molecular flexibility index (Phi) is 11.7. The van der Waals surface area contributed by atoms with Gasteiger partial charge in [-0.25, -0.2) is 8.78 Å². The largest absolute Gasteiger partial charge is 0.489 e. The highest BCUT2D eigenvalue weighted by Gasteiger charge is 2.05. The summed E-state index contributed by atoms with van der Waals surface area (Å²) in [7, 11) is 0.653. The van der Waals surface area contributed by atoms with E-state index in [-0.39, 0.29) is 36.3 Å². The molecule has 0 aliphatic carbocycles. The van der Waals surface area contributed by atoms with Gasteiger partial charge in [0.1, 0.15) is 12.4 Å². The molecule has 0 bridgehead atoms. The number of rotatable bonds is 9. The second kappa shape index (κ2) is 13.4. The standard InChI is InChI=1S/C19H23F2N3O2S.HI/c1-22-19(23-9-11-26-18-8-7-16(20)13-17(18)21)24-10-12-27(25)14-15-5-3-2-4-6-15;/h2-8,13H,9-12,14H2,1H3,(H2,22,23,24);1H. The molecule has 2 N–H and O–H groups in total. The predicted molar refractivity (Wildman–Crippen MR) is 120 cm³/mol. The second-order valence-electron chi connectivity index (χ2n) is 5.62. The summed E-state index contributed by atoms with van der Waals surface area (Å²) in [6, 6.07) is 12.9. The molecule has 0 heterocycles. The lowest BCUT2D eigenvalue weighted by Gasteiger charge is -2.12. The molecule has 154 valence electrons. The van der Waals surface area contributed by atoms with Crippen LogP contribution in [0.1, 0.15) is 5.56 Å². The molecule has 0 aliphatic heterocycles. The van der Waals surface area contributed by atoms with Gasteiger partial charge in [0, 0.05) is 42.0 Å². The van der Waals surface area contributed by atoms with Crippen LogP contribution >= 0.6 is 24.0 Å². The fourth-order valence-corrected chi connectivity index (χ4v) is 3.30. The average molecular weight is 523 g/mol. The topological polar surface area (TPSA) is 62.7 Å². The summed E-state index contributed by atoms with van der Waals surface area (Å²) in [5.74, 6) is 0.163. The minimum Gasteiger partial charge on any atom is -0.489 e. The maximum absolute atomic E-state index is 13.5. The Balaban J connectivity index is 0.00000392. The van der Waals surface area contributed by atoms with Crippen LogP contribution in [0.2, 0.25) is 0 Å². The molecular formula is C19H24F2IN3O2S. The summed E-state index contributed by atoms with van der Waals surface area (Å²) in [6.45, 7) is 1.07. The number of halogens is 3. The smallest absolute Gasteiger partial charge is 0.191 e. The molecule has 2 rings (SSSR count). The van der Waals surface area contributed by atoms with E-state index in [1.54, 1.807) is 7.05 Å². The lowest BCUT2D eigenvalue weighted by molar-refractivity contribution is 0.304. The predicted octanol–water partition coefficient (Wildman–Crippen LogP) is 3.08. The molecule has 2 aromatic carbocycles. The van der Waals surface area contributed by atoms with E-state index in [9.17, 15) is 13.0 Å². The number of aliphatic imine (C=N–C) groups is 1. The Bertz CT molecular complexity index is 779. The Morgan fingerprint density at radius 3 is 2.50 bits per heavy atom. The van der Waals surface area contributed by atoms with Crippen molar-refractivity contribution in [3.05, 3.63) is 65.7 Å². The monoisotopic (exact) mass is 523 g/mol. The van der Waals surface area contributed by atoms with Gasteiger partial charge < -0.3 is 15.4 Å². The van der Waals surface area contributed by atoms with Gasteiger partial charge in [0.05, 0.1) is 6.54 Å². The van der Waals surface area contributed by atoms with Gasteiger partial charge in [-0.05, 0) is 17.7 Å². The van der Waals surface area contributed by atoms with E-state index in [2.05, 4.69) is 15.6 Å². The van der Waals surface area contributed by atoms with Gasteiger partial charge in [0.2, 0.25) is 0 Å². The second-order valence-corrected chi connectivity index (χ2v) is 7.20. The molecule has 0 amide bonds. The molecule has 1 unspecified atom stereocenters. The number of ether oxygens (including phenoxy) is 1. The van der Waals surface area contributed by atoms with Crippen LogP contribution in [-0.2, 0) is 16.6 Å². The first-order chi connectivity index (χ1) is 13.1. The van der Waals surface area contributed by atoms with Crippen molar-refractivity contribution < 1.29 is 17.7 Å². The highest BCUT2D eigenvalue weighted by molar-refractivity contribution is 14.0. The lowest BCUT2D eigenvalue weighted by atomic mass is 10.2. The van der Waals surface area contributed by atoms with Crippen LogP contribution in [0.25, 0.3) is 0 Å². The van der Waals surface area contributed by atoms with Gasteiger partial charge in [-0.1, -0.05) is 30.3 Å². The van der Waals surface area contributed by atoms with Crippen molar-refractivity contribution in [2.24, 2.45) is 4.99 Å². The molecule has 0 fully saturated rings. The third-order valence-electron chi connectivity index (χ3n) is 3.56. The number of hydrogen-bond acceptors (Lipinski definition) is 3. The summed E-state index contributed by atoms with van der Waals surface area (Å²) < 4.78 is 43.6. The van der Waals surface area contributed by atoms with Crippen molar-refractivity contribution in [3.8, 4) is 5.75 Å². The van der Waals surface area contributed by atoms with Crippen LogP contribution in [0.15, 0.2) is 53.5 Å². The van der Waals surface area contributed by atoms with Crippen LogP contribution in [0.3, 0.4) is 0 Å². The van der Waals surface area contributed by atoms with Crippen molar-refractivity contribution in [2.75, 3.05) is 32.5 Å². The molecule has 1 atom stereocenters. The van der Waals surface area contributed by atoms with Gasteiger partial charge in [0.25, 0.3) is 0 Å². The van der Waals surface area contributed by atoms with Crippen molar-refractivity contribution >= 4 is 40.7 Å². The SMILES string of the molecule is CN=C(NCCOc1ccc(F)cc1F)NCCS(=O)Cc1ccccc1.I. The Morgan fingerprint density at radius 2 is 1.82 bits per heavy atom. The molecular weight excluding hydrogens is 499 g/mol. The number of nitrogens with zero attached hydrogens (tertiary/aromatic N) is 1. The van der Waals surface area contributed by atoms with E-state index >= 15 is 0 Å². The van der Waals surface area contributed by atoms with Crippen LogP contribution in [0.4, 0.5) is 8.78 Å². The first-order valence-electron chi connectivity index (χ1n) is 8.49. The van der Waals surface area contributed by atoms with E-state index in [1.165, 1.54) is 6.07 Å². The minimum absolute atomic E-state index is 0. The fourth-order valence-electron chi connectivity index (χ4n) is 2.26. The summed E-state index contributed by atoms with van der Waals surface area (Å²) >= 11 is 0. The first-order valence-corrected chi connectivity index (χ1v) is 9.98. The molecule has 0 spiro atoms. The van der Waals surface area contributed by atoms with Crippen LogP contribution in [-0.4, -0.2) is 42.7 Å². The Labute approximate surface area is 183 Å². The van der Waals surface area contributed by atoms with Crippen molar-refractivity contribution in [3.63, 3.8) is 0 Å². The third-order valence-corrected chi connectivity index (χ3v) is 4.88. The summed E-state index contributed by atoms with van der Waals surface area (Å²) in [6.07, 6.45) is 0. The van der Waals surface area contributed by atoms with Gasteiger partial charge in [-0.15, -0.1) is 24.0 Å². The Morgan fingerprint density at radius 1 is 1.11 bits per heavy atom. The minimum atomic E-state index is -0.969. The Hall–Kier alpha value is -1.75. The molecule has 0 aliphatic rings. The van der Waals surface area contributed by atoms with Gasteiger partial charge in [-0.3, -0.25) is 9.20 Å². The zero-order valence-corrected chi connectivity index (χ0v) is 18.6. The number of hydrogen-bond donors (Lipinski definition) is 2. The van der Waals surface area contributed by atoms with Gasteiger partial charge in [-0.2, -0.15) is 0 Å². The normalized spacial score (nSPS) is 12.0. The van der Waals surface area contributed by atoms with Crippen LogP contribution < -0.4 is 15.4 Å². The zero-order valence-electron chi connectivity index (χ0n) is 15.5. The summed E-state index contributed by atoms with van der Waals surface area (Å²) in [5.41, 5.74) is 1.04. The molecule has 0 saturated heterocycles. The van der Waals surface area contributed by atoms with Crippen LogP contribution in [0, 0.1) is 11.6 Å². The fraction of sp³-hybridized carbons (Fsp3) is 0.316. The maximum Gasteiger partial charge on any atom is 0.191 e. The van der Waals surface area contributed by atoms with Crippen LogP contribution in [0.5, 0.6) is 5.75 Å². The molecule has 9 heteroatoms. The van der Waals surface area contributed by atoms with E-state index in [0.717, 1.165) is 17.7 Å². The highest BCUT2D eigenvalue weighted by atomic mass is 127. The number of benzene rings is 2. The average Bonchev–Trinajstić information content (AvgIpc) is 2.66. The summed E-state index contributed by atoms with van der Waals surface area (Å²) in [5, 5.41) is 6.08. The van der Waals surface area contributed by atoms with E-state index < -0.39 is 22.4 Å². The zero-order chi connectivity index (χ0) is 19.5. The van der Waals surface area contributed by atoms with Gasteiger partial charge in [0.15, 0.2) is 17.5 Å². The third kappa shape index (κ3) is 8.96. The molecule has 0 radical (unpaired) electrons. The van der Waals surface area contributed by atoms with E-state index in [1.807, 2.05) is 30.3 Å². The van der Waals surface area contributed by atoms with Crippen molar-refractivity contribution in [2.45, 2.75) is 5.75 Å². The van der Waals surface area contributed by atoms with E-state index in [0.29, 0.717) is 30.6 Å². The lowest BCUT2D eigenvalue weighted by Crippen LogP contribution is -2.40. The highest BCUT2D eigenvalue weighted by Crippen LogP contribution is 2.17. The molecule has 2 aromatic rings. The van der Waals surface area contributed by atoms with E-state index in [4.69, 9.17) is 4.74 Å². The quantitative estimate of drug-likeness (QED) is 0.230. The number of guanidine groups is 1. The summed E-state index contributed by atoms with van der Waals surface area (Å²) in [4.78, 5) is 4.06. The molecule has 0 saturated carbocycles.